The van der Waals surface area contributed by atoms with Crippen molar-refractivity contribution in [2.75, 3.05) is 0 Å². The van der Waals surface area contributed by atoms with Gasteiger partial charge in [-0.05, 0) is 29.0 Å². The van der Waals surface area contributed by atoms with Crippen molar-refractivity contribution in [2.24, 2.45) is 0 Å². The Hall–Kier alpha value is -2.81. The van der Waals surface area contributed by atoms with Gasteiger partial charge in [-0.25, -0.2) is 4.79 Å². The molecule has 3 aromatic carbocycles. The molecule has 2 N–H and O–H groups in total. The summed E-state index contributed by atoms with van der Waals surface area (Å²) in [5.74, 6) is -0.556. The molecule has 3 nitrogen and oxygen atoms in total. The third-order valence-electron chi connectivity index (χ3n) is 2.78. The number of hydrogen-bond donors (Lipinski definition) is 2. The lowest BCUT2D eigenvalue weighted by Gasteiger charge is -2.00. The van der Waals surface area contributed by atoms with E-state index in [4.69, 9.17) is 10.2 Å². The number of aromatic hydroxyl groups is 1. The van der Waals surface area contributed by atoms with Gasteiger partial charge in [-0.2, -0.15) is 0 Å². The summed E-state index contributed by atoms with van der Waals surface area (Å²) in [7, 11) is 0. The van der Waals surface area contributed by atoms with E-state index in [2.05, 4.69) is 0 Å². The van der Waals surface area contributed by atoms with Gasteiger partial charge in [0.1, 0.15) is 5.75 Å². The van der Waals surface area contributed by atoms with Gasteiger partial charge in [0.2, 0.25) is 0 Å². The van der Waals surface area contributed by atoms with Crippen LogP contribution in [0.1, 0.15) is 10.4 Å². The van der Waals surface area contributed by atoms with Crippen molar-refractivity contribution in [3.63, 3.8) is 0 Å². The van der Waals surface area contributed by atoms with Gasteiger partial charge in [0.05, 0.1) is 5.56 Å². The third-order valence-corrected chi connectivity index (χ3v) is 2.78. The van der Waals surface area contributed by atoms with Crippen molar-refractivity contribution in [1.82, 2.24) is 0 Å². The van der Waals surface area contributed by atoms with Crippen LogP contribution in [0.4, 0.5) is 0 Å². The molecule has 0 aliphatic carbocycles. The van der Waals surface area contributed by atoms with Crippen LogP contribution < -0.4 is 0 Å². The predicted molar refractivity (Wildman–Crippen MR) is 79.0 cm³/mol. The molecule has 20 heavy (non-hydrogen) atoms. The molecule has 0 aliphatic rings. The number of phenolic OH excluding ortho intramolecular Hbond substituents is 1. The van der Waals surface area contributed by atoms with E-state index in [-0.39, 0.29) is 0 Å². The molecule has 0 bridgehead atoms. The van der Waals surface area contributed by atoms with Gasteiger partial charge in [0, 0.05) is 0 Å². The summed E-state index contributed by atoms with van der Waals surface area (Å²) >= 11 is 0. The van der Waals surface area contributed by atoms with Crippen molar-refractivity contribution in [3.05, 3.63) is 78.4 Å². The van der Waals surface area contributed by atoms with E-state index in [0.29, 0.717) is 11.3 Å². The van der Waals surface area contributed by atoms with E-state index in [1.165, 1.54) is 0 Å². The van der Waals surface area contributed by atoms with Crippen LogP contribution in [-0.2, 0) is 0 Å². The SMILES string of the molecule is O=C(O)c1cccc2ccccc12.Oc1ccccc1. The molecule has 0 aromatic heterocycles. The zero-order valence-corrected chi connectivity index (χ0v) is 10.7. The highest BCUT2D eigenvalue weighted by Gasteiger charge is 2.05. The van der Waals surface area contributed by atoms with Crippen LogP contribution in [-0.4, -0.2) is 16.2 Å². The van der Waals surface area contributed by atoms with Crippen LogP contribution >= 0.6 is 0 Å². The molecular formula is C17H14O3. The number of aromatic carboxylic acids is 1. The molecule has 0 saturated heterocycles. The quantitative estimate of drug-likeness (QED) is 0.701. The molecule has 0 atom stereocenters. The van der Waals surface area contributed by atoms with Crippen molar-refractivity contribution in [3.8, 4) is 5.75 Å². The van der Waals surface area contributed by atoms with E-state index in [1.54, 1.807) is 36.4 Å². The normalized spacial score (nSPS) is 9.60. The smallest absolute Gasteiger partial charge is 0.336 e. The Morgan fingerprint density at radius 1 is 0.750 bits per heavy atom. The highest BCUT2D eigenvalue weighted by molar-refractivity contribution is 6.03. The fourth-order valence-electron chi connectivity index (χ4n) is 1.84. The standard InChI is InChI=1S/C11H8O2.C6H6O/c12-11(13)10-7-3-5-8-4-1-2-6-9(8)10;7-6-4-2-1-3-5-6/h1-7H,(H,12,13);1-5,7H. The maximum Gasteiger partial charge on any atom is 0.336 e. The zero-order chi connectivity index (χ0) is 14.4. The summed E-state index contributed by atoms with van der Waals surface area (Å²) in [5.41, 5.74) is 0.359. The van der Waals surface area contributed by atoms with Crippen molar-refractivity contribution < 1.29 is 15.0 Å². The molecule has 3 heteroatoms. The molecule has 3 aromatic rings. The summed E-state index contributed by atoms with van der Waals surface area (Å²) in [6, 6.07) is 21.5. The minimum absolute atomic E-state index is 0.322. The molecule has 0 spiro atoms. The number of carboxylic acid groups (broad SMARTS) is 1. The number of carboxylic acids is 1. The van der Waals surface area contributed by atoms with Crippen LogP contribution in [0.3, 0.4) is 0 Å². The van der Waals surface area contributed by atoms with E-state index in [0.717, 1.165) is 10.8 Å². The van der Waals surface area contributed by atoms with E-state index >= 15 is 0 Å². The molecule has 0 heterocycles. The number of rotatable bonds is 1. The average molecular weight is 266 g/mol. The number of benzene rings is 3. The maximum absolute atomic E-state index is 10.8. The first-order valence-corrected chi connectivity index (χ1v) is 6.13. The van der Waals surface area contributed by atoms with Crippen molar-refractivity contribution in [1.29, 1.82) is 0 Å². The fourth-order valence-corrected chi connectivity index (χ4v) is 1.84. The first-order chi connectivity index (χ1) is 9.68. The lowest BCUT2D eigenvalue weighted by Crippen LogP contribution is -1.96. The Morgan fingerprint density at radius 3 is 1.95 bits per heavy atom. The summed E-state index contributed by atoms with van der Waals surface area (Å²) in [4.78, 5) is 10.8. The first kappa shape index (κ1) is 13.6. The molecule has 0 saturated carbocycles. The third kappa shape index (κ3) is 3.36. The van der Waals surface area contributed by atoms with Gasteiger partial charge < -0.3 is 10.2 Å². The Morgan fingerprint density at radius 2 is 1.35 bits per heavy atom. The van der Waals surface area contributed by atoms with Gasteiger partial charge in [0.15, 0.2) is 0 Å². The Bertz CT molecular complexity index is 700. The highest BCUT2D eigenvalue weighted by atomic mass is 16.4. The van der Waals surface area contributed by atoms with Crippen molar-refractivity contribution in [2.45, 2.75) is 0 Å². The number of carbonyl (C=O) groups is 1. The van der Waals surface area contributed by atoms with Gasteiger partial charge >= 0.3 is 5.97 Å². The van der Waals surface area contributed by atoms with Crippen molar-refractivity contribution >= 4 is 16.7 Å². The average Bonchev–Trinajstić information content (AvgIpc) is 2.48. The molecular weight excluding hydrogens is 252 g/mol. The molecule has 100 valence electrons. The van der Waals surface area contributed by atoms with Crippen LogP contribution in [0.25, 0.3) is 10.8 Å². The summed E-state index contributed by atoms with van der Waals surface area (Å²) < 4.78 is 0. The zero-order valence-electron chi connectivity index (χ0n) is 10.7. The summed E-state index contributed by atoms with van der Waals surface area (Å²) in [6.07, 6.45) is 0. The second-order valence-electron chi connectivity index (χ2n) is 4.17. The lowest BCUT2D eigenvalue weighted by molar-refractivity contribution is 0.0699. The second kappa shape index (κ2) is 6.38. The molecule has 0 radical (unpaired) electrons. The minimum atomic E-state index is -0.878. The molecule has 3 rings (SSSR count). The van der Waals surface area contributed by atoms with Crippen LogP contribution in [0, 0.1) is 0 Å². The van der Waals surface area contributed by atoms with Gasteiger partial charge in [0.25, 0.3) is 0 Å². The monoisotopic (exact) mass is 266 g/mol. The molecule has 0 unspecified atom stereocenters. The summed E-state index contributed by atoms with van der Waals surface area (Å²) in [5, 5.41) is 19.3. The van der Waals surface area contributed by atoms with E-state index < -0.39 is 5.97 Å². The van der Waals surface area contributed by atoms with E-state index in [9.17, 15) is 4.79 Å². The Kier molecular flexibility index (Phi) is 4.35. The van der Waals surface area contributed by atoms with Crippen LogP contribution in [0.2, 0.25) is 0 Å². The predicted octanol–water partition coefficient (Wildman–Crippen LogP) is 3.93. The number of fused-ring (bicyclic) bond motifs is 1. The second-order valence-corrected chi connectivity index (χ2v) is 4.17. The first-order valence-electron chi connectivity index (χ1n) is 6.13. The topological polar surface area (TPSA) is 57.5 Å². The molecule has 0 aliphatic heterocycles. The van der Waals surface area contributed by atoms with Crippen LogP contribution in [0.5, 0.6) is 5.75 Å². The molecule has 0 fully saturated rings. The molecule has 0 amide bonds. The minimum Gasteiger partial charge on any atom is -0.508 e. The number of para-hydroxylation sites is 1. The maximum atomic E-state index is 10.8. The Labute approximate surface area is 116 Å². The van der Waals surface area contributed by atoms with Gasteiger partial charge in [-0.15, -0.1) is 0 Å². The van der Waals surface area contributed by atoms with Crippen LogP contribution in [0.15, 0.2) is 72.8 Å². The largest absolute Gasteiger partial charge is 0.508 e. The Balaban J connectivity index is 0.000000178. The number of phenols is 1. The summed E-state index contributed by atoms with van der Waals surface area (Å²) in [6.45, 7) is 0. The van der Waals surface area contributed by atoms with Gasteiger partial charge in [-0.1, -0.05) is 54.6 Å². The number of hydrogen-bond acceptors (Lipinski definition) is 2. The van der Waals surface area contributed by atoms with Gasteiger partial charge in [-0.3, -0.25) is 0 Å². The lowest BCUT2D eigenvalue weighted by atomic mass is 10.1. The van der Waals surface area contributed by atoms with E-state index in [1.807, 2.05) is 36.4 Å². The highest BCUT2D eigenvalue weighted by Crippen LogP contribution is 2.17. The fraction of sp³-hybridized carbons (Fsp3) is 0.